The first-order valence-electron chi connectivity index (χ1n) is 8.63. The predicted octanol–water partition coefficient (Wildman–Crippen LogP) is 5.09. The molecule has 3 rings (SSSR count). The van der Waals surface area contributed by atoms with Crippen LogP contribution in [0.1, 0.15) is 23.0 Å². The maximum absolute atomic E-state index is 12.5. The summed E-state index contributed by atoms with van der Waals surface area (Å²) in [5.74, 6) is -0.108. The molecule has 1 aromatic heterocycles. The second-order valence-corrected chi connectivity index (χ2v) is 6.81. The van der Waals surface area contributed by atoms with Gasteiger partial charge in [0.05, 0.1) is 22.9 Å². The van der Waals surface area contributed by atoms with Crippen molar-refractivity contribution >= 4 is 27.6 Å². The van der Waals surface area contributed by atoms with Crippen molar-refractivity contribution in [2.45, 2.75) is 13.8 Å². The molecule has 1 heterocycles. The van der Waals surface area contributed by atoms with E-state index in [0.29, 0.717) is 17.0 Å². The second kappa shape index (κ2) is 8.78. The van der Waals surface area contributed by atoms with Crippen LogP contribution in [0, 0.1) is 17.0 Å². The van der Waals surface area contributed by atoms with Crippen LogP contribution in [0.25, 0.3) is 11.3 Å². The number of nitro benzene ring substituents is 1. The lowest BCUT2D eigenvalue weighted by atomic mass is 10.0. The first-order valence-corrected chi connectivity index (χ1v) is 9.42. The molecule has 0 atom stereocenters. The van der Waals surface area contributed by atoms with E-state index in [0.717, 1.165) is 4.47 Å². The minimum absolute atomic E-state index is 0.0133. The van der Waals surface area contributed by atoms with Crippen LogP contribution in [0.3, 0.4) is 0 Å². The number of non-ortho nitro benzene ring substituents is 1. The van der Waals surface area contributed by atoms with Gasteiger partial charge in [-0.25, -0.2) is 4.79 Å². The maximum Gasteiger partial charge on any atom is 0.342 e. The Labute approximate surface area is 174 Å². The van der Waals surface area contributed by atoms with Crippen LogP contribution in [0.5, 0.6) is 11.8 Å². The third kappa shape index (κ3) is 4.75. The van der Waals surface area contributed by atoms with Gasteiger partial charge < -0.3 is 9.47 Å². The summed E-state index contributed by atoms with van der Waals surface area (Å²) in [6.45, 7) is 3.49. The normalized spacial score (nSPS) is 10.4. The molecular formula is C20H16BrN3O5. The van der Waals surface area contributed by atoms with Crippen molar-refractivity contribution in [3.05, 3.63) is 74.4 Å². The lowest BCUT2D eigenvalue weighted by molar-refractivity contribution is -0.384. The highest BCUT2D eigenvalue weighted by atomic mass is 79.9. The van der Waals surface area contributed by atoms with Gasteiger partial charge in [-0.05, 0) is 38.1 Å². The third-order valence-corrected chi connectivity index (χ3v) is 4.43. The molecular weight excluding hydrogens is 442 g/mol. The molecule has 148 valence electrons. The number of hydrogen-bond acceptors (Lipinski definition) is 7. The number of nitro groups is 1. The van der Waals surface area contributed by atoms with Crippen molar-refractivity contribution in [2.24, 2.45) is 0 Å². The van der Waals surface area contributed by atoms with E-state index in [-0.39, 0.29) is 29.6 Å². The van der Waals surface area contributed by atoms with Gasteiger partial charge in [0.1, 0.15) is 11.3 Å². The molecule has 0 N–H and O–H groups in total. The Bertz CT molecular complexity index is 1070. The van der Waals surface area contributed by atoms with Gasteiger partial charge in [0, 0.05) is 22.2 Å². The number of ether oxygens (including phenoxy) is 2. The van der Waals surface area contributed by atoms with Gasteiger partial charge >= 0.3 is 12.0 Å². The lowest BCUT2D eigenvalue weighted by Crippen LogP contribution is -2.12. The summed E-state index contributed by atoms with van der Waals surface area (Å²) in [6, 6.07) is 12.9. The number of esters is 1. The van der Waals surface area contributed by atoms with Crippen molar-refractivity contribution in [1.82, 2.24) is 9.97 Å². The molecule has 0 radical (unpaired) electrons. The zero-order valence-electron chi connectivity index (χ0n) is 15.6. The zero-order chi connectivity index (χ0) is 21.0. The quantitative estimate of drug-likeness (QED) is 0.288. The van der Waals surface area contributed by atoms with Crippen LogP contribution in [-0.2, 0) is 4.74 Å². The first kappa shape index (κ1) is 20.4. The van der Waals surface area contributed by atoms with Gasteiger partial charge in [0.25, 0.3) is 5.69 Å². The summed E-state index contributed by atoms with van der Waals surface area (Å²) in [5, 5.41) is 11.2. The Morgan fingerprint density at radius 1 is 1.17 bits per heavy atom. The second-order valence-electron chi connectivity index (χ2n) is 5.90. The third-order valence-electron chi connectivity index (χ3n) is 3.90. The van der Waals surface area contributed by atoms with Gasteiger partial charge in [0.15, 0.2) is 0 Å². The molecule has 3 aromatic rings. The summed E-state index contributed by atoms with van der Waals surface area (Å²) < 4.78 is 11.7. The number of aryl methyl sites for hydroxylation is 1. The lowest BCUT2D eigenvalue weighted by Gasteiger charge is -2.13. The fourth-order valence-electron chi connectivity index (χ4n) is 2.62. The highest BCUT2D eigenvalue weighted by Crippen LogP contribution is 2.30. The van der Waals surface area contributed by atoms with E-state index >= 15 is 0 Å². The van der Waals surface area contributed by atoms with E-state index in [2.05, 4.69) is 25.9 Å². The molecule has 0 spiro atoms. The molecule has 0 bridgehead atoms. The van der Waals surface area contributed by atoms with Crippen LogP contribution in [0.2, 0.25) is 0 Å². The maximum atomic E-state index is 12.5. The summed E-state index contributed by atoms with van der Waals surface area (Å²) >= 11 is 3.35. The van der Waals surface area contributed by atoms with E-state index in [9.17, 15) is 14.9 Å². The number of carbonyl (C=O) groups excluding carboxylic acids is 1. The average molecular weight is 458 g/mol. The highest BCUT2D eigenvalue weighted by molar-refractivity contribution is 9.10. The first-order chi connectivity index (χ1) is 13.9. The van der Waals surface area contributed by atoms with E-state index in [4.69, 9.17) is 9.47 Å². The van der Waals surface area contributed by atoms with Crippen LogP contribution >= 0.6 is 15.9 Å². The fraction of sp³-hybridized carbons (Fsp3) is 0.150. The van der Waals surface area contributed by atoms with Crippen molar-refractivity contribution in [3.8, 4) is 23.0 Å². The Balaban J connectivity index is 2.12. The molecule has 9 heteroatoms. The fourth-order valence-corrected chi connectivity index (χ4v) is 2.89. The molecule has 0 amide bonds. The Hall–Kier alpha value is -3.33. The van der Waals surface area contributed by atoms with Gasteiger partial charge in [-0.1, -0.05) is 28.1 Å². The van der Waals surface area contributed by atoms with Crippen molar-refractivity contribution < 1.29 is 19.2 Å². The SMILES string of the molecule is CCOC(=O)c1c(C)nc(Oc2ccc(Br)cc2)nc1-c1cccc([N+](=O)[O-])c1. The van der Waals surface area contributed by atoms with E-state index in [1.165, 1.54) is 18.2 Å². The summed E-state index contributed by atoms with van der Waals surface area (Å²) in [7, 11) is 0. The molecule has 0 aliphatic rings. The number of benzene rings is 2. The number of nitrogens with zero attached hydrogens (tertiary/aromatic N) is 3. The van der Waals surface area contributed by atoms with Crippen LogP contribution < -0.4 is 4.74 Å². The monoisotopic (exact) mass is 457 g/mol. The Kier molecular flexibility index (Phi) is 6.18. The molecule has 8 nitrogen and oxygen atoms in total. The minimum atomic E-state index is -0.610. The summed E-state index contributed by atoms with van der Waals surface area (Å²) in [5.41, 5.74) is 0.937. The molecule has 29 heavy (non-hydrogen) atoms. The number of aromatic nitrogens is 2. The van der Waals surface area contributed by atoms with Crippen molar-refractivity contribution in [1.29, 1.82) is 0 Å². The Morgan fingerprint density at radius 3 is 2.55 bits per heavy atom. The molecule has 0 saturated carbocycles. The van der Waals surface area contributed by atoms with E-state index < -0.39 is 10.9 Å². The topological polar surface area (TPSA) is 104 Å². The van der Waals surface area contributed by atoms with E-state index in [1.807, 2.05) is 0 Å². The number of rotatable bonds is 6. The molecule has 0 fully saturated rings. The molecule has 2 aromatic carbocycles. The minimum Gasteiger partial charge on any atom is -0.462 e. The molecule has 0 aliphatic heterocycles. The smallest absolute Gasteiger partial charge is 0.342 e. The van der Waals surface area contributed by atoms with Gasteiger partial charge in [0.2, 0.25) is 0 Å². The number of carbonyl (C=O) groups is 1. The largest absolute Gasteiger partial charge is 0.462 e. The molecule has 0 unspecified atom stereocenters. The van der Waals surface area contributed by atoms with E-state index in [1.54, 1.807) is 44.2 Å². The van der Waals surface area contributed by atoms with Crippen molar-refractivity contribution in [2.75, 3.05) is 6.61 Å². The van der Waals surface area contributed by atoms with Crippen LogP contribution in [0.4, 0.5) is 5.69 Å². The van der Waals surface area contributed by atoms with Gasteiger partial charge in [-0.3, -0.25) is 10.1 Å². The standard InChI is InChI=1S/C20H16BrN3O5/c1-3-28-19(25)17-12(2)22-20(29-16-9-7-14(21)8-10-16)23-18(17)13-5-4-6-15(11-13)24(26)27/h4-11H,3H2,1-2H3. The van der Waals surface area contributed by atoms with Crippen molar-refractivity contribution in [3.63, 3.8) is 0 Å². The van der Waals surface area contributed by atoms with Crippen LogP contribution in [-0.4, -0.2) is 27.5 Å². The number of hydrogen-bond donors (Lipinski definition) is 0. The van der Waals surface area contributed by atoms with Gasteiger partial charge in [-0.2, -0.15) is 9.97 Å². The van der Waals surface area contributed by atoms with Crippen LogP contribution in [0.15, 0.2) is 53.0 Å². The predicted molar refractivity (Wildman–Crippen MR) is 109 cm³/mol. The highest BCUT2D eigenvalue weighted by Gasteiger charge is 2.23. The number of halogens is 1. The average Bonchev–Trinajstić information content (AvgIpc) is 2.69. The summed E-state index contributed by atoms with van der Waals surface area (Å²) in [4.78, 5) is 31.8. The molecule has 0 aliphatic carbocycles. The zero-order valence-corrected chi connectivity index (χ0v) is 17.2. The summed E-state index contributed by atoms with van der Waals surface area (Å²) in [6.07, 6.45) is 0. The Morgan fingerprint density at radius 2 is 1.90 bits per heavy atom. The molecule has 0 saturated heterocycles. The van der Waals surface area contributed by atoms with Gasteiger partial charge in [-0.15, -0.1) is 0 Å².